The molecule has 0 aliphatic rings. The first-order valence-corrected chi connectivity index (χ1v) is 7.56. The number of hydrogen-bond donors (Lipinski definition) is 2. The molecule has 3 rings (SSSR count). The molecule has 0 saturated carbocycles. The van der Waals surface area contributed by atoms with E-state index in [1.165, 1.54) is 36.4 Å². The zero-order chi connectivity index (χ0) is 17.8. The summed E-state index contributed by atoms with van der Waals surface area (Å²) in [5.41, 5.74) is 2.74. The van der Waals surface area contributed by atoms with Crippen molar-refractivity contribution in [1.82, 2.24) is 5.48 Å². The fraction of sp³-hybridized carbons (Fsp3) is 0.0526. The molecule has 126 valence electrons. The lowest BCUT2D eigenvalue weighted by Crippen LogP contribution is -2.29. The summed E-state index contributed by atoms with van der Waals surface area (Å²) in [4.78, 5) is 29.3. The Kier molecular flexibility index (Phi) is 4.74. The molecule has 3 aromatic rings. The van der Waals surface area contributed by atoms with Gasteiger partial charge in [0.1, 0.15) is 0 Å². The second kappa shape index (κ2) is 7.12. The molecule has 25 heavy (non-hydrogen) atoms. The van der Waals surface area contributed by atoms with E-state index in [4.69, 9.17) is 10.0 Å². The molecule has 0 radical (unpaired) electrons. The van der Waals surface area contributed by atoms with Gasteiger partial charge < -0.3 is 0 Å². The first-order valence-electron chi connectivity index (χ1n) is 7.56. The van der Waals surface area contributed by atoms with Crippen LogP contribution in [0.4, 0.5) is 5.69 Å². The third kappa shape index (κ3) is 3.35. The number of carbonyl (C=O) groups excluding carboxylic acids is 2. The van der Waals surface area contributed by atoms with Crippen LogP contribution < -0.4 is 10.5 Å². The number of nitrogens with one attached hydrogen (secondary N) is 1. The van der Waals surface area contributed by atoms with Crippen LogP contribution in [0.3, 0.4) is 0 Å². The summed E-state index contributed by atoms with van der Waals surface area (Å²) < 4.78 is 0. The molecule has 0 aliphatic heterocycles. The second-order valence-electron chi connectivity index (χ2n) is 5.33. The first kappa shape index (κ1) is 16.6. The van der Waals surface area contributed by atoms with Crippen LogP contribution in [0.25, 0.3) is 10.8 Å². The monoisotopic (exact) mass is 336 g/mol. The zero-order valence-corrected chi connectivity index (χ0v) is 13.5. The molecule has 2 N–H and O–H groups in total. The highest BCUT2D eigenvalue weighted by atomic mass is 16.7. The molecule has 0 aromatic heterocycles. The number of rotatable bonds is 4. The third-order valence-corrected chi connectivity index (χ3v) is 3.83. The van der Waals surface area contributed by atoms with Gasteiger partial charge in [0.15, 0.2) is 0 Å². The Morgan fingerprint density at radius 3 is 2.20 bits per heavy atom. The largest absolute Gasteiger partial charge is 0.288 e. The van der Waals surface area contributed by atoms with E-state index in [1.54, 1.807) is 11.5 Å². The topological polar surface area (TPSA) is 78.9 Å². The van der Waals surface area contributed by atoms with Gasteiger partial charge in [0, 0.05) is 11.1 Å². The molecule has 0 bridgehead atoms. The van der Waals surface area contributed by atoms with E-state index in [9.17, 15) is 9.59 Å². The minimum absolute atomic E-state index is 0.244. The van der Waals surface area contributed by atoms with E-state index in [-0.39, 0.29) is 11.5 Å². The smallest absolute Gasteiger partial charge is 0.282 e. The van der Waals surface area contributed by atoms with Crippen molar-refractivity contribution in [3.8, 4) is 0 Å². The average molecular weight is 336 g/mol. The summed E-state index contributed by atoms with van der Waals surface area (Å²) >= 11 is 0. The lowest BCUT2D eigenvalue weighted by molar-refractivity contribution is 0.0705. The second-order valence-corrected chi connectivity index (χ2v) is 5.33. The summed E-state index contributed by atoms with van der Waals surface area (Å²) in [5.74, 6) is -1.01. The van der Waals surface area contributed by atoms with Gasteiger partial charge in [-0.25, -0.2) is 5.48 Å². The lowest BCUT2D eigenvalue weighted by Gasteiger charge is -2.20. The van der Waals surface area contributed by atoms with E-state index < -0.39 is 5.91 Å². The molecular formula is C19H16N2O4. The van der Waals surface area contributed by atoms with Crippen molar-refractivity contribution < 1.29 is 19.6 Å². The fourth-order valence-corrected chi connectivity index (χ4v) is 2.55. The van der Waals surface area contributed by atoms with Crippen LogP contribution in [0, 0.1) is 0 Å². The summed E-state index contributed by atoms with van der Waals surface area (Å²) in [5, 5.41) is 11.9. The molecular weight excluding hydrogens is 320 g/mol. The van der Waals surface area contributed by atoms with Gasteiger partial charge in [0.2, 0.25) is 0 Å². The molecule has 0 saturated heterocycles. The van der Waals surface area contributed by atoms with Gasteiger partial charge in [-0.05, 0) is 47.2 Å². The Hall–Kier alpha value is -3.22. The van der Waals surface area contributed by atoms with Crippen LogP contribution >= 0.6 is 0 Å². The molecule has 2 amide bonds. The van der Waals surface area contributed by atoms with Crippen LogP contribution in [0.15, 0.2) is 66.7 Å². The molecule has 0 atom stereocenters. The van der Waals surface area contributed by atoms with Crippen LogP contribution in [0.5, 0.6) is 0 Å². The summed E-state index contributed by atoms with van der Waals surface area (Å²) in [6, 6.07) is 19.3. The van der Waals surface area contributed by atoms with Gasteiger partial charge in [0.25, 0.3) is 11.8 Å². The minimum Gasteiger partial charge on any atom is -0.288 e. The van der Waals surface area contributed by atoms with Crippen molar-refractivity contribution in [1.29, 1.82) is 0 Å². The highest BCUT2D eigenvalue weighted by Gasteiger charge is 2.18. The molecule has 6 heteroatoms. The van der Waals surface area contributed by atoms with Crippen LogP contribution in [0.1, 0.15) is 20.7 Å². The quantitative estimate of drug-likeness (QED) is 0.566. The van der Waals surface area contributed by atoms with Gasteiger partial charge in [-0.1, -0.05) is 30.3 Å². The van der Waals surface area contributed by atoms with Crippen molar-refractivity contribution in [3.63, 3.8) is 0 Å². The van der Waals surface area contributed by atoms with Gasteiger partial charge in [-0.2, -0.15) is 5.06 Å². The number of amides is 2. The van der Waals surface area contributed by atoms with Gasteiger partial charge in [0.05, 0.1) is 12.8 Å². The zero-order valence-electron chi connectivity index (χ0n) is 13.5. The van der Waals surface area contributed by atoms with Crippen molar-refractivity contribution >= 4 is 28.3 Å². The normalized spacial score (nSPS) is 10.5. The lowest BCUT2D eigenvalue weighted by atomic mass is 10.1. The van der Waals surface area contributed by atoms with Crippen molar-refractivity contribution in [3.05, 3.63) is 77.9 Å². The summed E-state index contributed by atoms with van der Waals surface area (Å²) in [7, 11) is 1.42. The molecule has 0 spiro atoms. The van der Waals surface area contributed by atoms with Gasteiger partial charge in [-0.3, -0.25) is 19.6 Å². The molecule has 0 aliphatic carbocycles. The number of hydroxylamine groups is 2. The van der Waals surface area contributed by atoms with Crippen molar-refractivity contribution in [2.75, 3.05) is 12.2 Å². The number of nitrogens with zero attached hydrogens (tertiary/aromatic N) is 1. The Morgan fingerprint density at radius 2 is 1.56 bits per heavy atom. The Balaban J connectivity index is 1.91. The van der Waals surface area contributed by atoms with E-state index in [1.807, 2.05) is 36.4 Å². The van der Waals surface area contributed by atoms with Crippen LogP contribution in [-0.2, 0) is 4.84 Å². The Bertz CT molecular complexity index is 922. The Labute approximate surface area is 144 Å². The van der Waals surface area contributed by atoms with Crippen molar-refractivity contribution in [2.45, 2.75) is 0 Å². The van der Waals surface area contributed by atoms with Gasteiger partial charge >= 0.3 is 0 Å². The first-order chi connectivity index (χ1) is 12.1. The SMILES string of the molecule is CON(C(=O)c1ccc(C(=O)NO)cc1)c1ccc2ccccc2c1. The number of hydrogen-bond acceptors (Lipinski definition) is 4. The number of benzene rings is 3. The maximum absolute atomic E-state index is 12.7. The number of carbonyl (C=O) groups is 2. The van der Waals surface area contributed by atoms with Gasteiger partial charge in [-0.15, -0.1) is 0 Å². The van der Waals surface area contributed by atoms with E-state index >= 15 is 0 Å². The Morgan fingerprint density at radius 1 is 0.920 bits per heavy atom. The minimum atomic E-state index is -0.642. The predicted octanol–water partition coefficient (Wildman–Crippen LogP) is 3.17. The van der Waals surface area contributed by atoms with E-state index in [0.29, 0.717) is 11.3 Å². The highest BCUT2D eigenvalue weighted by molar-refractivity contribution is 6.06. The fourth-order valence-electron chi connectivity index (χ4n) is 2.55. The molecule has 6 nitrogen and oxygen atoms in total. The molecule has 3 aromatic carbocycles. The predicted molar refractivity (Wildman–Crippen MR) is 93.5 cm³/mol. The van der Waals surface area contributed by atoms with E-state index in [0.717, 1.165) is 10.8 Å². The summed E-state index contributed by atoms with van der Waals surface area (Å²) in [6.45, 7) is 0. The number of anilines is 1. The molecule has 0 heterocycles. The standard InChI is InChI=1S/C19H16N2O4/c1-25-21(17-11-10-13-4-2-3-5-16(13)12-17)19(23)15-8-6-14(7-9-15)18(22)20-24/h2-12,24H,1H3,(H,20,22). The maximum Gasteiger partial charge on any atom is 0.282 e. The molecule has 0 unspecified atom stereocenters. The highest BCUT2D eigenvalue weighted by Crippen LogP contribution is 2.23. The van der Waals surface area contributed by atoms with Crippen LogP contribution in [-0.4, -0.2) is 24.1 Å². The number of fused-ring (bicyclic) bond motifs is 1. The average Bonchev–Trinajstić information content (AvgIpc) is 2.68. The molecule has 0 fully saturated rings. The third-order valence-electron chi connectivity index (χ3n) is 3.83. The summed E-state index contributed by atoms with van der Waals surface area (Å²) in [6.07, 6.45) is 0. The maximum atomic E-state index is 12.7. The van der Waals surface area contributed by atoms with Crippen LogP contribution in [0.2, 0.25) is 0 Å². The van der Waals surface area contributed by atoms with Crippen molar-refractivity contribution in [2.24, 2.45) is 0 Å². The van der Waals surface area contributed by atoms with E-state index in [2.05, 4.69) is 0 Å².